The van der Waals surface area contributed by atoms with Gasteiger partial charge in [0.05, 0.1) is 11.4 Å². The van der Waals surface area contributed by atoms with Crippen LogP contribution < -0.4 is 11.1 Å². The van der Waals surface area contributed by atoms with Crippen molar-refractivity contribution in [3.05, 3.63) is 40.7 Å². The minimum Gasteiger partial charge on any atom is -0.398 e. The Labute approximate surface area is 123 Å². The van der Waals surface area contributed by atoms with E-state index in [2.05, 4.69) is 20.5 Å². The fourth-order valence-corrected chi connectivity index (χ4v) is 2.06. The summed E-state index contributed by atoms with van der Waals surface area (Å²) in [4.78, 5) is 16.6. The third-order valence-corrected chi connectivity index (χ3v) is 3.35. The van der Waals surface area contributed by atoms with Gasteiger partial charge in [0.15, 0.2) is 0 Å². The van der Waals surface area contributed by atoms with Gasteiger partial charge in [-0.15, -0.1) is 10.2 Å². The lowest BCUT2D eigenvalue weighted by molar-refractivity contribution is 0.102. The summed E-state index contributed by atoms with van der Waals surface area (Å²) >= 11 is 0. The van der Waals surface area contributed by atoms with Crippen molar-refractivity contribution >= 4 is 17.5 Å². The number of nitrogens with one attached hydrogen (secondary N) is 1. The number of carbonyl (C=O) groups excluding carboxylic acids is 1. The van der Waals surface area contributed by atoms with Crippen LogP contribution in [0.2, 0.25) is 0 Å². The summed E-state index contributed by atoms with van der Waals surface area (Å²) in [6.07, 6.45) is 1.52. The molecular weight excluding hydrogens is 266 g/mol. The number of amides is 1. The molecule has 21 heavy (non-hydrogen) atoms. The molecule has 0 aliphatic carbocycles. The first-order valence-corrected chi connectivity index (χ1v) is 6.95. The Bertz CT molecular complexity index is 669. The van der Waals surface area contributed by atoms with Crippen LogP contribution in [0.1, 0.15) is 41.2 Å². The van der Waals surface area contributed by atoms with Crippen molar-refractivity contribution < 1.29 is 4.79 Å². The van der Waals surface area contributed by atoms with E-state index >= 15 is 0 Å². The predicted octanol–water partition coefficient (Wildman–Crippen LogP) is 2.14. The van der Waals surface area contributed by atoms with Crippen LogP contribution in [0, 0.1) is 6.92 Å². The van der Waals surface area contributed by atoms with Crippen LogP contribution in [0.15, 0.2) is 18.2 Å². The van der Waals surface area contributed by atoms with Crippen molar-refractivity contribution in [2.24, 2.45) is 0 Å². The second-order valence-corrected chi connectivity index (χ2v) is 4.71. The smallest absolute Gasteiger partial charge is 0.258 e. The topological polar surface area (TPSA) is 93.8 Å². The second-order valence-electron chi connectivity index (χ2n) is 4.71. The molecule has 3 N–H and O–H groups in total. The number of hydrogen-bond donors (Lipinski definition) is 2. The maximum atomic E-state index is 12.3. The standard InChI is InChI=1S/C15H19N5O/c1-4-12-13(5-2)19-20-15(17-12)18-14(21)10-7-6-8-11(16)9(10)3/h6-8H,4-5,16H2,1-3H3,(H,17,18,20,21). The molecule has 0 bridgehead atoms. The van der Waals surface area contributed by atoms with E-state index in [4.69, 9.17) is 5.73 Å². The van der Waals surface area contributed by atoms with Crippen LogP contribution in [-0.4, -0.2) is 21.1 Å². The summed E-state index contributed by atoms with van der Waals surface area (Å²) in [5.74, 6) is -0.0659. The third kappa shape index (κ3) is 3.16. The summed E-state index contributed by atoms with van der Waals surface area (Å²) in [5, 5.41) is 10.7. The summed E-state index contributed by atoms with van der Waals surface area (Å²) < 4.78 is 0. The van der Waals surface area contributed by atoms with Gasteiger partial charge in [-0.2, -0.15) is 0 Å². The first-order valence-electron chi connectivity index (χ1n) is 6.95. The van der Waals surface area contributed by atoms with Crippen molar-refractivity contribution in [1.29, 1.82) is 0 Å². The lowest BCUT2D eigenvalue weighted by atomic mass is 10.1. The Morgan fingerprint density at radius 3 is 2.57 bits per heavy atom. The number of rotatable bonds is 4. The number of nitrogens with zero attached hydrogens (tertiary/aromatic N) is 3. The Morgan fingerprint density at radius 1 is 1.19 bits per heavy atom. The Morgan fingerprint density at radius 2 is 1.90 bits per heavy atom. The van der Waals surface area contributed by atoms with E-state index in [0.29, 0.717) is 11.3 Å². The van der Waals surface area contributed by atoms with Crippen LogP contribution in [-0.2, 0) is 12.8 Å². The maximum absolute atomic E-state index is 12.3. The first kappa shape index (κ1) is 14.9. The maximum Gasteiger partial charge on any atom is 0.258 e. The lowest BCUT2D eigenvalue weighted by Gasteiger charge is -2.09. The zero-order chi connectivity index (χ0) is 15.4. The number of aryl methyl sites for hydroxylation is 2. The highest BCUT2D eigenvalue weighted by Gasteiger charge is 2.13. The fraction of sp³-hybridized carbons (Fsp3) is 0.333. The molecular formula is C15H19N5O. The van der Waals surface area contributed by atoms with Gasteiger partial charge in [0, 0.05) is 11.3 Å². The summed E-state index contributed by atoms with van der Waals surface area (Å²) in [6.45, 7) is 5.80. The summed E-state index contributed by atoms with van der Waals surface area (Å²) in [6, 6.07) is 5.22. The molecule has 0 spiro atoms. The summed E-state index contributed by atoms with van der Waals surface area (Å²) in [5.41, 5.74) is 9.35. The molecule has 0 unspecified atom stereocenters. The van der Waals surface area contributed by atoms with E-state index in [1.807, 2.05) is 13.8 Å². The highest BCUT2D eigenvalue weighted by atomic mass is 16.1. The van der Waals surface area contributed by atoms with Crippen LogP contribution in [0.5, 0.6) is 0 Å². The molecule has 2 rings (SSSR count). The van der Waals surface area contributed by atoms with Crippen molar-refractivity contribution in [3.63, 3.8) is 0 Å². The normalized spacial score (nSPS) is 10.4. The third-order valence-electron chi connectivity index (χ3n) is 3.35. The number of carbonyl (C=O) groups is 1. The zero-order valence-corrected chi connectivity index (χ0v) is 12.5. The van der Waals surface area contributed by atoms with Crippen molar-refractivity contribution in [2.75, 3.05) is 11.1 Å². The molecule has 0 aliphatic heterocycles. The number of anilines is 2. The highest BCUT2D eigenvalue weighted by Crippen LogP contribution is 2.16. The molecule has 0 radical (unpaired) electrons. The monoisotopic (exact) mass is 285 g/mol. The molecule has 1 amide bonds. The number of nitrogens with two attached hydrogens (primary N) is 1. The largest absolute Gasteiger partial charge is 0.398 e. The number of benzene rings is 1. The average Bonchev–Trinajstić information content (AvgIpc) is 2.49. The molecule has 6 heteroatoms. The van der Waals surface area contributed by atoms with Gasteiger partial charge in [-0.1, -0.05) is 19.9 Å². The summed E-state index contributed by atoms with van der Waals surface area (Å²) in [7, 11) is 0. The van der Waals surface area contributed by atoms with Gasteiger partial charge in [-0.05, 0) is 37.5 Å². The minimum atomic E-state index is -0.284. The molecule has 1 aromatic heterocycles. The van der Waals surface area contributed by atoms with E-state index in [1.54, 1.807) is 25.1 Å². The van der Waals surface area contributed by atoms with Crippen LogP contribution >= 0.6 is 0 Å². The number of hydrogen-bond acceptors (Lipinski definition) is 5. The van der Waals surface area contributed by atoms with Crippen LogP contribution in [0.3, 0.4) is 0 Å². The van der Waals surface area contributed by atoms with Gasteiger partial charge in [-0.3, -0.25) is 10.1 Å². The molecule has 0 saturated carbocycles. The van der Waals surface area contributed by atoms with Crippen LogP contribution in [0.25, 0.3) is 0 Å². The van der Waals surface area contributed by atoms with Crippen molar-refractivity contribution in [2.45, 2.75) is 33.6 Å². The predicted molar refractivity (Wildman–Crippen MR) is 82.1 cm³/mol. The highest BCUT2D eigenvalue weighted by molar-refractivity contribution is 6.05. The first-order chi connectivity index (χ1) is 10.1. The second kappa shape index (κ2) is 6.30. The van der Waals surface area contributed by atoms with E-state index in [1.165, 1.54) is 0 Å². The van der Waals surface area contributed by atoms with E-state index < -0.39 is 0 Å². The molecule has 0 fully saturated rings. The number of aromatic nitrogens is 3. The van der Waals surface area contributed by atoms with Gasteiger partial charge < -0.3 is 5.73 Å². The minimum absolute atomic E-state index is 0.218. The van der Waals surface area contributed by atoms with Crippen molar-refractivity contribution in [3.8, 4) is 0 Å². The van der Waals surface area contributed by atoms with E-state index in [-0.39, 0.29) is 11.9 Å². The molecule has 0 saturated heterocycles. The fourth-order valence-electron chi connectivity index (χ4n) is 2.06. The zero-order valence-electron chi connectivity index (χ0n) is 12.5. The molecule has 0 atom stereocenters. The molecule has 110 valence electrons. The van der Waals surface area contributed by atoms with Gasteiger partial charge in [0.25, 0.3) is 5.91 Å². The molecule has 1 heterocycles. The average molecular weight is 285 g/mol. The molecule has 1 aromatic carbocycles. The Kier molecular flexibility index (Phi) is 4.47. The van der Waals surface area contributed by atoms with Crippen LogP contribution in [0.4, 0.5) is 11.6 Å². The number of nitrogen functional groups attached to an aromatic ring is 1. The quantitative estimate of drug-likeness (QED) is 0.839. The van der Waals surface area contributed by atoms with Gasteiger partial charge in [0.2, 0.25) is 5.95 Å². The van der Waals surface area contributed by atoms with E-state index in [0.717, 1.165) is 29.8 Å². The van der Waals surface area contributed by atoms with Crippen molar-refractivity contribution in [1.82, 2.24) is 15.2 Å². The Balaban J connectivity index is 2.25. The van der Waals surface area contributed by atoms with Gasteiger partial charge in [-0.25, -0.2) is 4.98 Å². The van der Waals surface area contributed by atoms with E-state index in [9.17, 15) is 4.79 Å². The van der Waals surface area contributed by atoms with Gasteiger partial charge >= 0.3 is 0 Å². The molecule has 2 aromatic rings. The van der Waals surface area contributed by atoms with Gasteiger partial charge in [0.1, 0.15) is 0 Å². The Hall–Kier alpha value is -2.50. The molecule has 0 aliphatic rings. The SMILES string of the molecule is CCc1nnc(NC(=O)c2cccc(N)c2C)nc1CC. The molecule has 6 nitrogen and oxygen atoms in total. The lowest BCUT2D eigenvalue weighted by Crippen LogP contribution is -2.17.